The summed E-state index contributed by atoms with van der Waals surface area (Å²) in [4.78, 5) is 23.6. The highest BCUT2D eigenvalue weighted by atomic mass is 32.2. The molecule has 0 bridgehead atoms. The molecule has 0 aromatic heterocycles. The number of thioether (sulfide) groups is 1. The lowest BCUT2D eigenvalue weighted by atomic mass is 10.2. The van der Waals surface area contributed by atoms with Crippen LogP contribution < -0.4 is 0 Å². The van der Waals surface area contributed by atoms with Crippen LogP contribution >= 0.6 is 24.0 Å². The summed E-state index contributed by atoms with van der Waals surface area (Å²) in [5.41, 5.74) is 0. The predicted octanol–water partition coefficient (Wildman–Crippen LogP) is 1.10. The first-order valence-electron chi connectivity index (χ1n) is 4.19. The van der Waals surface area contributed by atoms with Crippen molar-refractivity contribution in [3.8, 4) is 0 Å². The number of carbonyl (C=O) groups is 2. The Morgan fingerprint density at radius 2 is 2.29 bits per heavy atom. The highest BCUT2D eigenvalue weighted by Gasteiger charge is 2.39. The first-order valence-corrected chi connectivity index (χ1v) is 5.47. The Bertz CT molecular complexity index is 290. The van der Waals surface area contributed by atoms with Crippen LogP contribution in [0.4, 0.5) is 0 Å². The van der Waals surface area contributed by atoms with Crippen molar-refractivity contribution >= 4 is 40.2 Å². The molecule has 1 aliphatic rings. The summed E-state index contributed by atoms with van der Waals surface area (Å²) in [5, 5.41) is 8.04. The molecule has 1 N–H and O–H groups in total. The van der Waals surface area contributed by atoms with E-state index in [0.29, 0.717) is 4.32 Å². The van der Waals surface area contributed by atoms with Crippen LogP contribution in [0.5, 0.6) is 0 Å². The van der Waals surface area contributed by atoms with Gasteiger partial charge in [-0.05, 0) is 13.8 Å². The van der Waals surface area contributed by atoms with Crippen molar-refractivity contribution in [2.45, 2.75) is 31.6 Å². The molecule has 14 heavy (non-hydrogen) atoms. The Morgan fingerprint density at radius 3 is 2.64 bits per heavy atom. The lowest BCUT2D eigenvalue weighted by Gasteiger charge is -2.19. The normalized spacial score (nSPS) is 22.2. The highest BCUT2D eigenvalue weighted by molar-refractivity contribution is 8.24. The standard InChI is InChI=1S/C8H11NO3S2/c1-4(2)9-7(12)5(3-6(10)11)14-8(9)13/h4-5H,3H2,1-2H3,(H,10,11)/t5-/m1/s1. The lowest BCUT2D eigenvalue weighted by Crippen LogP contribution is -2.37. The van der Waals surface area contributed by atoms with Crippen molar-refractivity contribution in [3.63, 3.8) is 0 Å². The topological polar surface area (TPSA) is 57.6 Å². The van der Waals surface area contributed by atoms with E-state index in [2.05, 4.69) is 0 Å². The third-order valence-electron chi connectivity index (χ3n) is 1.83. The molecule has 1 rings (SSSR count). The Balaban J connectivity index is 2.74. The molecular weight excluding hydrogens is 222 g/mol. The van der Waals surface area contributed by atoms with Gasteiger partial charge in [0, 0.05) is 6.04 Å². The van der Waals surface area contributed by atoms with E-state index < -0.39 is 11.2 Å². The van der Waals surface area contributed by atoms with Gasteiger partial charge in [-0.3, -0.25) is 14.5 Å². The molecule has 4 nitrogen and oxygen atoms in total. The largest absolute Gasteiger partial charge is 0.481 e. The second-order valence-corrected chi connectivity index (χ2v) is 5.11. The van der Waals surface area contributed by atoms with Crippen molar-refractivity contribution in [1.82, 2.24) is 4.90 Å². The summed E-state index contributed by atoms with van der Waals surface area (Å²) >= 11 is 6.16. The van der Waals surface area contributed by atoms with Gasteiger partial charge >= 0.3 is 5.97 Å². The van der Waals surface area contributed by atoms with Gasteiger partial charge in [-0.2, -0.15) is 0 Å². The van der Waals surface area contributed by atoms with Gasteiger partial charge < -0.3 is 5.11 Å². The van der Waals surface area contributed by atoms with Crippen molar-refractivity contribution in [2.24, 2.45) is 0 Å². The van der Waals surface area contributed by atoms with Crippen LogP contribution in [-0.2, 0) is 9.59 Å². The Morgan fingerprint density at radius 1 is 1.71 bits per heavy atom. The number of rotatable bonds is 3. The van der Waals surface area contributed by atoms with E-state index in [-0.39, 0.29) is 18.4 Å². The number of amides is 1. The third-order valence-corrected chi connectivity index (χ3v) is 3.37. The fourth-order valence-electron chi connectivity index (χ4n) is 1.23. The van der Waals surface area contributed by atoms with Crippen LogP contribution in [0.3, 0.4) is 0 Å². The quantitative estimate of drug-likeness (QED) is 0.740. The molecule has 1 fully saturated rings. The van der Waals surface area contributed by atoms with Crippen molar-refractivity contribution in [3.05, 3.63) is 0 Å². The van der Waals surface area contributed by atoms with Gasteiger partial charge in [0.1, 0.15) is 9.57 Å². The number of aliphatic carboxylic acids is 1. The van der Waals surface area contributed by atoms with Crippen LogP contribution in [0.15, 0.2) is 0 Å². The third kappa shape index (κ3) is 2.24. The van der Waals surface area contributed by atoms with E-state index in [9.17, 15) is 9.59 Å². The highest BCUT2D eigenvalue weighted by Crippen LogP contribution is 2.30. The lowest BCUT2D eigenvalue weighted by molar-refractivity contribution is -0.139. The van der Waals surface area contributed by atoms with Gasteiger partial charge in [-0.15, -0.1) is 0 Å². The van der Waals surface area contributed by atoms with E-state index in [1.54, 1.807) is 0 Å². The van der Waals surface area contributed by atoms with E-state index >= 15 is 0 Å². The van der Waals surface area contributed by atoms with Crippen LogP contribution in [-0.4, -0.2) is 37.5 Å². The molecule has 0 aromatic carbocycles. The fourth-order valence-corrected chi connectivity index (χ4v) is 2.97. The minimum Gasteiger partial charge on any atom is -0.481 e. The monoisotopic (exact) mass is 233 g/mol. The van der Waals surface area contributed by atoms with Crippen LogP contribution in [0, 0.1) is 0 Å². The maximum Gasteiger partial charge on any atom is 0.305 e. The van der Waals surface area contributed by atoms with E-state index in [1.807, 2.05) is 13.8 Å². The van der Waals surface area contributed by atoms with E-state index in [1.165, 1.54) is 16.7 Å². The maximum atomic E-state index is 11.6. The zero-order chi connectivity index (χ0) is 10.9. The van der Waals surface area contributed by atoms with Crippen molar-refractivity contribution < 1.29 is 14.7 Å². The van der Waals surface area contributed by atoms with Crippen LogP contribution in [0.1, 0.15) is 20.3 Å². The molecular formula is C8H11NO3S2. The van der Waals surface area contributed by atoms with Crippen molar-refractivity contribution in [1.29, 1.82) is 0 Å². The molecule has 0 saturated carbocycles. The maximum absolute atomic E-state index is 11.6. The van der Waals surface area contributed by atoms with Crippen molar-refractivity contribution in [2.75, 3.05) is 0 Å². The SMILES string of the molecule is CC(C)N1C(=O)[C@@H](CC(=O)O)SC1=S. The summed E-state index contributed by atoms with van der Waals surface area (Å²) in [5.74, 6) is -1.15. The molecule has 0 unspecified atom stereocenters. The second-order valence-electron chi connectivity index (χ2n) is 3.27. The Labute approximate surface area is 91.6 Å². The Hall–Kier alpha value is -0.620. The molecule has 0 aromatic rings. The predicted molar refractivity (Wildman–Crippen MR) is 58.2 cm³/mol. The number of hydrogen-bond acceptors (Lipinski definition) is 4. The number of nitrogens with zero attached hydrogens (tertiary/aromatic N) is 1. The number of thiocarbonyl (C=S) groups is 1. The molecule has 1 amide bonds. The van der Waals surface area contributed by atoms with Gasteiger partial charge in [0.05, 0.1) is 6.42 Å². The van der Waals surface area contributed by atoms with Gasteiger partial charge in [0.15, 0.2) is 0 Å². The van der Waals surface area contributed by atoms with E-state index in [4.69, 9.17) is 17.3 Å². The average molecular weight is 233 g/mol. The zero-order valence-corrected chi connectivity index (χ0v) is 9.52. The molecule has 1 atom stereocenters. The number of hydrogen-bond donors (Lipinski definition) is 1. The second kappa shape index (κ2) is 4.27. The Kier molecular flexibility index (Phi) is 3.49. The number of carboxylic acids is 1. The first-order chi connectivity index (χ1) is 6.43. The molecule has 0 spiro atoms. The molecule has 1 heterocycles. The molecule has 78 valence electrons. The summed E-state index contributed by atoms with van der Waals surface area (Å²) < 4.78 is 0.483. The zero-order valence-electron chi connectivity index (χ0n) is 7.89. The summed E-state index contributed by atoms with van der Waals surface area (Å²) in [7, 11) is 0. The molecule has 1 saturated heterocycles. The number of carbonyl (C=O) groups excluding carboxylic acids is 1. The summed E-state index contributed by atoms with van der Waals surface area (Å²) in [6.07, 6.45) is -0.160. The van der Waals surface area contributed by atoms with E-state index in [0.717, 1.165) is 0 Å². The van der Waals surface area contributed by atoms with Gasteiger partial charge in [0.2, 0.25) is 5.91 Å². The average Bonchev–Trinajstić information content (AvgIpc) is 2.25. The minimum absolute atomic E-state index is 0.00120. The summed E-state index contributed by atoms with van der Waals surface area (Å²) in [6.45, 7) is 3.71. The van der Waals surface area contributed by atoms with Crippen LogP contribution in [0.2, 0.25) is 0 Å². The molecule has 1 aliphatic heterocycles. The molecule has 6 heteroatoms. The smallest absolute Gasteiger partial charge is 0.305 e. The minimum atomic E-state index is -0.968. The molecule has 0 aliphatic carbocycles. The number of carboxylic acid groups (broad SMARTS) is 1. The molecule has 0 radical (unpaired) electrons. The van der Waals surface area contributed by atoms with Crippen LogP contribution in [0.25, 0.3) is 0 Å². The van der Waals surface area contributed by atoms with Gasteiger partial charge in [0.25, 0.3) is 0 Å². The fraction of sp³-hybridized carbons (Fsp3) is 0.625. The summed E-state index contributed by atoms with van der Waals surface area (Å²) in [6, 6.07) is 0.00120. The van der Waals surface area contributed by atoms with Gasteiger partial charge in [-0.1, -0.05) is 24.0 Å². The first kappa shape index (κ1) is 11.5. The van der Waals surface area contributed by atoms with Gasteiger partial charge in [-0.25, -0.2) is 0 Å².